The van der Waals surface area contributed by atoms with Crippen molar-refractivity contribution in [1.29, 1.82) is 0 Å². The number of hydrogen-bond donors (Lipinski definition) is 6. The van der Waals surface area contributed by atoms with Crippen LogP contribution >= 0.6 is 0 Å². The van der Waals surface area contributed by atoms with Crippen molar-refractivity contribution in [3.05, 3.63) is 388 Å². The summed E-state index contributed by atoms with van der Waals surface area (Å²) >= 11 is 0. The number of benzene rings is 12. The van der Waals surface area contributed by atoms with Crippen molar-refractivity contribution in [2.45, 2.75) is 77.0 Å². The van der Waals surface area contributed by atoms with Crippen LogP contribution in [0.1, 0.15) is 134 Å². The van der Waals surface area contributed by atoms with E-state index < -0.39 is 0 Å². The molecule has 90 heavy (non-hydrogen) atoms. The van der Waals surface area contributed by atoms with E-state index in [1.807, 2.05) is 182 Å². The third-order valence-corrected chi connectivity index (χ3v) is 17.8. The van der Waals surface area contributed by atoms with Crippen LogP contribution in [0.4, 0.5) is 0 Å². The van der Waals surface area contributed by atoms with Crippen LogP contribution in [0.5, 0.6) is 34.5 Å². The van der Waals surface area contributed by atoms with E-state index in [-0.39, 0.29) is 73.0 Å². The molecule has 6 heteroatoms. The highest BCUT2D eigenvalue weighted by Crippen LogP contribution is 2.42. The van der Waals surface area contributed by atoms with Crippen molar-refractivity contribution in [2.24, 2.45) is 0 Å². The minimum atomic E-state index is 0.0790. The molecule has 6 N–H and O–H groups in total. The highest BCUT2D eigenvalue weighted by molar-refractivity contribution is 5.60. The Balaban J connectivity index is 1.03. The van der Waals surface area contributed by atoms with Gasteiger partial charge in [0.2, 0.25) is 0 Å². The Morgan fingerprint density at radius 3 is 0.378 bits per heavy atom. The van der Waals surface area contributed by atoms with Crippen molar-refractivity contribution < 1.29 is 30.6 Å². The molecule has 0 saturated carbocycles. The molecule has 13 rings (SSSR count). The van der Waals surface area contributed by atoms with Crippen LogP contribution in [0.2, 0.25) is 0 Å². The molecule has 0 aromatic heterocycles. The molecule has 0 atom stereocenters. The zero-order valence-corrected chi connectivity index (χ0v) is 50.4. The van der Waals surface area contributed by atoms with Crippen LogP contribution in [0.15, 0.2) is 255 Å². The highest BCUT2D eigenvalue weighted by atomic mass is 16.3. The quantitative estimate of drug-likeness (QED) is 0.0725. The second-order valence-corrected chi connectivity index (χ2v) is 24.6. The normalized spacial score (nSPS) is 12.3. The Labute approximate surface area is 527 Å². The number of phenolic OH excluding ortho intramolecular Hbond substituents is 6. The molecule has 0 radical (unpaired) electrons. The lowest BCUT2D eigenvalue weighted by atomic mass is 9.86. The Morgan fingerprint density at radius 2 is 0.267 bits per heavy atom. The molecule has 0 spiro atoms. The molecule has 0 fully saturated rings. The first-order valence-electron chi connectivity index (χ1n) is 31.2. The maximum Gasteiger partial charge on any atom is 0.122 e. The fraction of sp³-hybridized carbons (Fsp3) is 0.143. The molecule has 0 unspecified atom stereocenters. The van der Waals surface area contributed by atoms with E-state index >= 15 is 0 Å². The van der Waals surface area contributed by atoms with E-state index in [0.717, 1.165) is 66.8 Å². The third kappa shape index (κ3) is 13.7. The minimum absolute atomic E-state index is 0.0790. The first kappa shape index (κ1) is 58.5. The molecule has 1 aliphatic carbocycles. The number of rotatable bonds is 12. The van der Waals surface area contributed by atoms with Crippen molar-refractivity contribution in [3.8, 4) is 34.5 Å². The average molecular weight is 1180 g/mol. The first-order chi connectivity index (χ1) is 44.0. The molecule has 0 saturated heterocycles. The zero-order valence-electron chi connectivity index (χ0n) is 50.4. The van der Waals surface area contributed by atoms with Gasteiger partial charge < -0.3 is 30.6 Å². The molecule has 0 aliphatic heterocycles. The summed E-state index contributed by atoms with van der Waals surface area (Å²) in [7, 11) is 0. The number of phenols is 6. The van der Waals surface area contributed by atoms with Gasteiger partial charge in [-0.1, -0.05) is 255 Å². The molecule has 12 aromatic carbocycles. The SMILES string of the molecule is Oc1c2cc(Cc3ccccc3)cc1Cc1cc(Cc3ccccc3)cc(c1O)Cc1cc(Cc3ccccc3)cc(c1O)Cc1cc(Cc3ccccc3)cc(c1O)Cc1cc(Cc3ccccc3)cc(c1O)Cc1cc(Cc3ccccc3)cc(c1O)C2. The summed E-state index contributed by atoms with van der Waals surface area (Å²) in [4.78, 5) is 0. The van der Waals surface area contributed by atoms with Gasteiger partial charge in [0.15, 0.2) is 0 Å². The van der Waals surface area contributed by atoms with E-state index in [2.05, 4.69) is 72.8 Å². The Bertz CT molecular complexity index is 3610. The smallest absolute Gasteiger partial charge is 0.122 e. The van der Waals surface area contributed by atoms with Gasteiger partial charge in [-0.3, -0.25) is 0 Å². The highest BCUT2D eigenvalue weighted by Gasteiger charge is 2.24. The minimum Gasteiger partial charge on any atom is -0.507 e. The monoisotopic (exact) mass is 1180 g/mol. The fourth-order valence-corrected chi connectivity index (χ4v) is 13.4. The van der Waals surface area contributed by atoms with Gasteiger partial charge in [-0.05, 0) is 172 Å². The summed E-state index contributed by atoms with van der Waals surface area (Å²) in [5.41, 5.74) is 19.9. The molecule has 6 nitrogen and oxygen atoms in total. The van der Waals surface area contributed by atoms with E-state index in [1.165, 1.54) is 0 Å². The van der Waals surface area contributed by atoms with Crippen LogP contribution in [-0.4, -0.2) is 30.6 Å². The molecule has 444 valence electrons. The fourth-order valence-electron chi connectivity index (χ4n) is 13.4. The van der Waals surface area contributed by atoms with Crippen molar-refractivity contribution in [3.63, 3.8) is 0 Å². The number of fused-ring (bicyclic) bond motifs is 12. The van der Waals surface area contributed by atoms with Crippen LogP contribution < -0.4 is 0 Å². The van der Waals surface area contributed by atoms with Crippen LogP contribution in [0.25, 0.3) is 0 Å². The van der Waals surface area contributed by atoms with Crippen molar-refractivity contribution in [1.82, 2.24) is 0 Å². The summed E-state index contributed by atoms with van der Waals surface area (Å²) in [6.07, 6.45) is 4.56. The number of aromatic hydroxyl groups is 6. The van der Waals surface area contributed by atoms with Gasteiger partial charge in [0, 0.05) is 38.5 Å². The summed E-state index contributed by atoms with van der Waals surface area (Å²) in [5.74, 6) is 0.474. The van der Waals surface area contributed by atoms with Crippen LogP contribution in [0, 0.1) is 0 Å². The predicted molar refractivity (Wildman–Crippen MR) is 361 cm³/mol. The summed E-state index contributed by atoms with van der Waals surface area (Å²) in [5, 5.41) is 77.0. The standard InChI is InChI=1S/C84H72O6/c85-79-67-37-61(31-55-19-7-1-8-20-55)38-68(79)50-70-40-63(33-57-23-11-3-12-24-57)42-72(81(70)87)52-74-44-65(35-59-27-15-5-16-28-59)46-76(83(74)89)54-78-48-66(36-60-29-17-6-18-30-60)47-77(84(78)90)53-75-45-64(34-58-25-13-4-14-26-58)43-73(82(75)88)51-71-41-62(39-69(49-67)80(71)86)32-56-21-9-2-10-22-56/h1-30,37-48,85-90H,31-36,49-54H2. The van der Waals surface area contributed by atoms with Crippen molar-refractivity contribution >= 4 is 0 Å². The lowest BCUT2D eigenvalue weighted by Crippen LogP contribution is -2.05. The van der Waals surface area contributed by atoms with E-state index in [4.69, 9.17) is 0 Å². The molecule has 12 bridgehead atoms. The van der Waals surface area contributed by atoms with E-state index in [0.29, 0.717) is 105 Å². The van der Waals surface area contributed by atoms with Gasteiger partial charge in [0.05, 0.1) is 0 Å². The van der Waals surface area contributed by atoms with E-state index in [9.17, 15) is 30.6 Å². The zero-order chi connectivity index (χ0) is 61.5. The third-order valence-electron chi connectivity index (χ3n) is 17.8. The van der Waals surface area contributed by atoms with Gasteiger partial charge in [0.25, 0.3) is 0 Å². The molecule has 0 amide bonds. The van der Waals surface area contributed by atoms with E-state index in [1.54, 1.807) is 0 Å². The molecule has 12 aromatic rings. The first-order valence-corrected chi connectivity index (χ1v) is 31.2. The molecular weight excluding hydrogens is 1100 g/mol. The molecule has 1 aliphatic rings. The Hall–Kier alpha value is -10.6. The lowest BCUT2D eigenvalue weighted by molar-refractivity contribution is 0.451. The van der Waals surface area contributed by atoms with Gasteiger partial charge in [-0.2, -0.15) is 0 Å². The number of hydrogen-bond acceptors (Lipinski definition) is 6. The van der Waals surface area contributed by atoms with Crippen molar-refractivity contribution in [2.75, 3.05) is 0 Å². The summed E-state index contributed by atoms with van der Waals surface area (Å²) < 4.78 is 0. The van der Waals surface area contributed by atoms with Gasteiger partial charge in [-0.15, -0.1) is 0 Å². The van der Waals surface area contributed by atoms with Gasteiger partial charge >= 0.3 is 0 Å². The second kappa shape index (κ2) is 26.4. The maximum absolute atomic E-state index is 12.8. The largest absolute Gasteiger partial charge is 0.507 e. The van der Waals surface area contributed by atoms with Gasteiger partial charge in [-0.25, -0.2) is 0 Å². The summed E-state index contributed by atoms with van der Waals surface area (Å²) in [6.45, 7) is 0. The molecule has 0 heterocycles. The second-order valence-electron chi connectivity index (χ2n) is 24.6. The lowest BCUT2D eigenvalue weighted by Gasteiger charge is -2.20. The molecular formula is C84H72O6. The topological polar surface area (TPSA) is 121 Å². The van der Waals surface area contributed by atoms with Crippen LogP contribution in [0.3, 0.4) is 0 Å². The maximum atomic E-state index is 12.8. The average Bonchev–Trinajstić information content (AvgIpc) is 1.06. The summed E-state index contributed by atoms with van der Waals surface area (Å²) in [6, 6.07) is 86.0. The predicted octanol–water partition coefficient (Wildman–Crippen LogP) is 17.3. The Kier molecular flexibility index (Phi) is 17.2. The Morgan fingerprint density at radius 1 is 0.156 bits per heavy atom. The van der Waals surface area contributed by atoms with Gasteiger partial charge in [0.1, 0.15) is 34.5 Å². The van der Waals surface area contributed by atoms with Crippen LogP contribution in [-0.2, 0) is 77.0 Å².